The highest BCUT2D eigenvalue weighted by Crippen LogP contribution is 2.52. The molecule has 0 bridgehead atoms. The summed E-state index contributed by atoms with van der Waals surface area (Å²) in [5, 5.41) is 10.8. The average molecular weight is 402 g/mol. The van der Waals surface area contributed by atoms with E-state index in [1.165, 1.54) is 6.21 Å². The highest BCUT2D eigenvalue weighted by atomic mass is 19.1. The zero-order valence-electron chi connectivity index (χ0n) is 15.5. The molecule has 8 nitrogen and oxygen atoms in total. The van der Waals surface area contributed by atoms with Crippen molar-refractivity contribution >= 4 is 17.9 Å². The van der Waals surface area contributed by atoms with Gasteiger partial charge in [0.15, 0.2) is 23.2 Å². The molecule has 2 saturated heterocycles. The number of anilines is 2. The molecule has 0 spiro atoms. The summed E-state index contributed by atoms with van der Waals surface area (Å²) in [4.78, 5) is 14.6. The molecule has 0 amide bonds. The molecule has 0 aromatic carbocycles. The number of hydrogen-bond donors (Lipinski definition) is 2. The third-order valence-electron chi connectivity index (χ3n) is 5.83. The van der Waals surface area contributed by atoms with Crippen LogP contribution in [0.4, 0.5) is 20.4 Å². The predicted molar refractivity (Wildman–Crippen MR) is 100 cm³/mol. The van der Waals surface area contributed by atoms with E-state index >= 15 is 0 Å². The van der Waals surface area contributed by atoms with Gasteiger partial charge in [0.25, 0.3) is 0 Å². The number of ether oxygens (including phenoxy) is 2. The number of hydrogen-bond acceptors (Lipinski definition) is 8. The van der Waals surface area contributed by atoms with Crippen molar-refractivity contribution in [3.63, 3.8) is 0 Å². The molecule has 1 aliphatic carbocycles. The molecule has 1 saturated carbocycles. The van der Waals surface area contributed by atoms with Gasteiger partial charge in [-0.15, -0.1) is 0 Å². The molecule has 29 heavy (non-hydrogen) atoms. The van der Waals surface area contributed by atoms with Gasteiger partial charge in [-0.25, -0.2) is 18.7 Å². The molecule has 0 radical (unpaired) electrons. The summed E-state index contributed by atoms with van der Waals surface area (Å²) < 4.78 is 37.8. The minimum absolute atomic E-state index is 0.195. The molecular weight excluding hydrogens is 382 g/mol. The number of nitrogens with zero attached hydrogens (tertiary/aromatic N) is 4. The highest BCUT2D eigenvalue weighted by Gasteiger charge is 2.56. The Morgan fingerprint density at radius 2 is 1.93 bits per heavy atom. The standard InChI is InChI=1S/C19H20F2N6O2/c20-14-2-23-3-15(21)18(14)29-9-13-11-5-27(6-12(11)13)17-4-24-16(1-22)19(26-17)25-10-7-28-8-10/h1-4,10-13,22H,5-9H2,(H,25,26)/t11-,12+,13?. The van der Waals surface area contributed by atoms with Crippen LogP contribution in [0.2, 0.25) is 0 Å². The summed E-state index contributed by atoms with van der Waals surface area (Å²) in [5.41, 5.74) is 0.498. The van der Waals surface area contributed by atoms with Gasteiger partial charge in [0.05, 0.1) is 44.5 Å². The Morgan fingerprint density at radius 1 is 1.21 bits per heavy atom. The first-order chi connectivity index (χ1) is 14.1. The summed E-state index contributed by atoms with van der Waals surface area (Å²) >= 11 is 0. The van der Waals surface area contributed by atoms with Crippen LogP contribution in [0, 0.1) is 34.8 Å². The van der Waals surface area contributed by atoms with Crippen molar-refractivity contribution in [3.05, 3.63) is 35.9 Å². The fraction of sp³-hybridized carbons (Fsp3) is 0.474. The minimum atomic E-state index is -0.782. The molecule has 3 fully saturated rings. The van der Waals surface area contributed by atoms with Crippen LogP contribution < -0.4 is 15.0 Å². The Morgan fingerprint density at radius 3 is 2.55 bits per heavy atom. The number of aromatic nitrogens is 3. The van der Waals surface area contributed by atoms with Crippen LogP contribution in [0.25, 0.3) is 0 Å². The second-order valence-corrected chi connectivity index (χ2v) is 7.62. The third kappa shape index (κ3) is 3.37. The molecule has 10 heteroatoms. The van der Waals surface area contributed by atoms with Gasteiger partial charge in [-0.3, -0.25) is 4.98 Å². The van der Waals surface area contributed by atoms with E-state index in [0.717, 1.165) is 31.3 Å². The number of fused-ring (bicyclic) bond motifs is 1. The number of halogens is 2. The molecule has 4 heterocycles. The van der Waals surface area contributed by atoms with Gasteiger partial charge < -0.3 is 25.1 Å². The molecule has 5 rings (SSSR count). The first-order valence-electron chi connectivity index (χ1n) is 9.52. The van der Waals surface area contributed by atoms with Gasteiger partial charge >= 0.3 is 0 Å². The zero-order chi connectivity index (χ0) is 20.0. The summed E-state index contributed by atoms with van der Waals surface area (Å²) in [5.74, 6) is 0.521. The normalized spacial score (nSPS) is 25.3. The van der Waals surface area contributed by atoms with Gasteiger partial charge in [0.1, 0.15) is 11.5 Å². The van der Waals surface area contributed by atoms with Crippen molar-refractivity contribution in [2.24, 2.45) is 17.8 Å². The first kappa shape index (κ1) is 18.2. The van der Waals surface area contributed by atoms with Crippen molar-refractivity contribution in [1.82, 2.24) is 15.0 Å². The Kier molecular flexibility index (Phi) is 4.50. The Bertz CT molecular complexity index is 909. The second kappa shape index (κ2) is 7.18. The molecule has 2 N–H and O–H groups in total. The number of nitrogens with one attached hydrogen (secondary N) is 2. The fourth-order valence-electron chi connectivity index (χ4n) is 4.07. The van der Waals surface area contributed by atoms with Crippen molar-refractivity contribution in [2.45, 2.75) is 6.04 Å². The lowest BCUT2D eigenvalue weighted by Crippen LogP contribution is -2.41. The molecule has 152 valence electrons. The molecule has 2 aromatic heterocycles. The lowest BCUT2D eigenvalue weighted by atomic mass is 10.2. The number of piperidine rings is 1. The summed E-state index contributed by atoms with van der Waals surface area (Å²) in [6.45, 7) is 3.12. The molecule has 2 aromatic rings. The van der Waals surface area contributed by atoms with E-state index in [2.05, 4.69) is 25.2 Å². The maximum atomic E-state index is 13.6. The quantitative estimate of drug-likeness (QED) is 0.681. The van der Waals surface area contributed by atoms with Crippen molar-refractivity contribution < 1.29 is 18.3 Å². The topological polar surface area (TPSA) is 96.3 Å². The van der Waals surface area contributed by atoms with Gasteiger partial charge in [-0.2, -0.15) is 0 Å². The smallest absolute Gasteiger partial charge is 0.193 e. The van der Waals surface area contributed by atoms with E-state index in [4.69, 9.17) is 14.9 Å². The van der Waals surface area contributed by atoms with E-state index in [9.17, 15) is 8.78 Å². The highest BCUT2D eigenvalue weighted by molar-refractivity contribution is 5.82. The van der Waals surface area contributed by atoms with Gasteiger partial charge in [-0.1, -0.05) is 0 Å². The van der Waals surface area contributed by atoms with Crippen LogP contribution in [0.5, 0.6) is 5.75 Å². The molecule has 2 aliphatic heterocycles. The van der Waals surface area contributed by atoms with Gasteiger partial charge in [0, 0.05) is 25.2 Å². The van der Waals surface area contributed by atoms with E-state index in [-0.39, 0.29) is 24.3 Å². The summed E-state index contributed by atoms with van der Waals surface area (Å²) in [6.07, 6.45) is 4.77. The maximum absolute atomic E-state index is 13.6. The van der Waals surface area contributed by atoms with Crippen molar-refractivity contribution in [2.75, 3.05) is 43.1 Å². The van der Waals surface area contributed by atoms with Crippen LogP contribution in [-0.2, 0) is 4.74 Å². The van der Waals surface area contributed by atoms with Crippen LogP contribution in [0.1, 0.15) is 5.69 Å². The monoisotopic (exact) mass is 402 g/mol. The van der Waals surface area contributed by atoms with E-state index in [0.29, 0.717) is 36.6 Å². The Labute approximate surface area is 165 Å². The number of pyridine rings is 1. The minimum Gasteiger partial charge on any atom is -0.487 e. The largest absolute Gasteiger partial charge is 0.487 e. The first-order valence-corrected chi connectivity index (χ1v) is 9.52. The lowest BCUT2D eigenvalue weighted by molar-refractivity contribution is 0.0209. The predicted octanol–water partition coefficient (Wildman–Crippen LogP) is 1.72. The van der Waals surface area contributed by atoms with Crippen LogP contribution >= 0.6 is 0 Å². The van der Waals surface area contributed by atoms with Crippen molar-refractivity contribution in [1.29, 1.82) is 5.41 Å². The average Bonchev–Trinajstić information content (AvgIpc) is 3.13. The molecule has 3 atom stereocenters. The van der Waals surface area contributed by atoms with Crippen LogP contribution in [0.3, 0.4) is 0 Å². The molecule has 1 unspecified atom stereocenters. The molecule has 3 aliphatic rings. The van der Waals surface area contributed by atoms with E-state index < -0.39 is 11.6 Å². The summed E-state index contributed by atoms with van der Waals surface area (Å²) in [7, 11) is 0. The number of rotatable bonds is 7. The SMILES string of the molecule is N=Cc1ncc(N2C[C@@H]3C(COc4c(F)cncc4F)[C@@H]3C2)nc1NC1COC1. The van der Waals surface area contributed by atoms with E-state index in [1.807, 2.05) is 0 Å². The van der Waals surface area contributed by atoms with Crippen LogP contribution in [0.15, 0.2) is 18.6 Å². The maximum Gasteiger partial charge on any atom is 0.193 e. The Balaban J connectivity index is 1.20. The zero-order valence-corrected chi connectivity index (χ0v) is 15.5. The van der Waals surface area contributed by atoms with Gasteiger partial charge in [-0.05, 0) is 11.8 Å². The lowest BCUT2D eigenvalue weighted by Gasteiger charge is -2.28. The van der Waals surface area contributed by atoms with Crippen LogP contribution in [-0.4, -0.2) is 60.1 Å². The second-order valence-electron chi connectivity index (χ2n) is 7.62. The fourth-order valence-corrected chi connectivity index (χ4v) is 4.07. The van der Waals surface area contributed by atoms with Crippen molar-refractivity contribution in [3.8, 4) is 5.75 Å². The summed E-state index contributed by atoms with van der Waals surface area (Å²) in [6, 6.07) is 0.195. The van der Waals surface area contributed by atoms with E-state index in [1.54, 1.807) is 6.20 Å². The third-order valence-corrected chi connectivity index (χ3v) is 5.83. The van der Waals surface area contributed by atoms with Gasteiger partial charge in [0.2, 0.25) is 0 Å². The Hall–Kier alpha value is -2.88. The molecular formula is C19H20F2N6O2.